The second kappa shape index (κ2) is 6.38. The Morgan fingerprint density at radius 3 is 2.28 bits per heavy atom. The molecule has 1 rings (SSSR count). The minimum absolute atomic E-state index is 0.0669. The molecule has 0 bridgehead atoms. The molecule has 0 aliphatic carbocycles. The zero-order chi connectivity index (χ0) is 13.9. The van der Waals surface area contributed by atoms with Crippen LogP contribution in [-0.2, 0) is 4.79 Å². The van der Waals surface area contributed by atoms with Gasteiger partial charge in [-0.1, -0.05) is 0 Å². The molecule has 0 aromatic heterocycles. The fourth-order valence-corrected chi connectivity index (χ4v) is 3.03. The molecule has 6 heteroatoms. The van der Waals surface area contributed by atoms with E-state index in [4.69, 9.17) is 5.26 Å². The van der Waals surface area contributed by atoms with Gasteiger partial charge in [-0.25, -0.2) is 0 Å². The van der Waals surface area contributed by atoms with Crippen molar-refractivity contribution in [3.63, 3.8) is 0 Å². The normalized spacial score (nSPS) is 10.9. The number of carbonyl (C=O) groups is 1. The SMILES string of the molecule is CN(C)C(=O)/C(C#N)=C\c1cc(I)c(O)c(I)c1. The Morgan fingerprint density at radius 1 is 1.39 bits per heavy atom. The lowest BCUT2D eigenvalue weighted by Gasteiger charge is -2.09. The maximum absolute atomic E-state index is 11.7. The van der Waals surface area contributed by atoms with Crippen LogP contribution in [0.5, 0.6) is 5.75 Å². The van der Waals surface area contributed by atoms with E-state index in [1.54, 1.807) is 26.2 Å². The van der Waals surface area contributed by atoms with Crippen molar-refractivity contribution in [1.29, 1.82) is 5.26 Å². The van der Waals surface area contributed by atoms with Crippen molar-refractivity contribution in [3.05, 3.63) is 30.4 Å². The van der Waals surface area contributed by atoms with Crippen molar-refractivity contribution in [2.45, 2.75) is 0 Å². The van der Waals surface area contributed by atoms with Gasteiger partial charge in [0.05, 0.1) is 7.14 Å². The highest BCUT2D eigenvalue weighted by molar-refractivity contribution is 14.1. The molecule has 0 saturated heterocycles. The van der Waals surface area contributed by atoms with Crippen LogP contribution in [0.25, 0.3) is 6.08 Å². The number of rotatable bonds is 2. The van der Waals surface area contributed by atoms with Gasteiger partial charge in [0.15, 0.2) is 0 Å². The minimum Gasteiger partial charge on any atom is -0.506 e. The van der Waals surface area contributed by atoms with E-state index >= 15 is 0 Å². The topological polar surface area (TPSA) is 64.3 Å². The van der Waals surface area contributed by atoms with Crippen LogP contribution in [0.3, 0.4) is 0 Å². The van der Waals surface area contributed by atoms with Crippen LogP contribution < -0.4 is 0 Å². The highest BCUT2D eigenvalue weighted by Crippen LogP contribution is 2.28. The number of benzene rings is 1. The summed E-state index contributed by atoms with van der Waals surface area (Å²) in [5, 5.41) is 18.6. The molecule has 0 aliphatic rings. The zero-order valence-corrected chi connectivity index (χ0v) is 14.1. The Bertz CT molecular complexity index is 537. The number of aromatic hydroxyl groups is 1. The summed E-state index contributed by atoms with van der Waals surface area (Å²) in [5.74, 6) is -0.124. The molecule has 18 heavy (non-hydrogen) atoms. The summed E-state index contributed by atoms with van der Waals surface area (Å²) in [7, 11) is 3.19. The summed E-state index contributed by atoms with van der Waals surface area (Å²) >= 11 is 4.01. The van der Waals surface area contributed by atoms with Crippen LogP contribution in [0.15, 0.2) is 17.7 Å². The zero-order valence-electron chi connectivity index (χ0n) is 9.74. The number of hydrogen-bond acceptors (Lipinski definition) is 3. The van der Waals surface area contributed by atoms with Crippen molar-refractivity contribution >= 4 is 57.2 Å². The van der Waals surface area contributed by atoms with E-state index in [-0.39, 0.29) is 17.2 Å². The van der Waals surface area contributed by atoms with Crippen molar-refractivity contribution in [1.82, 2.24) is 4.90 Å². The average molecular weight is 468 g/mol. The van der Waals surface area contributed by atoms with Crippen molar-refractivity contribution in [2.24, 2.45) is 0 Å². The highest BCUT2D eigenvalue weighted by atomic mass is 127. The first-order valence-corrected chi connectivity index (χ1v) is 7.04. The Balaban J connectivity index is 3.24. The molecule has 0 heterocycles. The molecule has 0 fully saturated rings. The Hall–Kier alpha value is -0.820. The fraction of sp³-hybridized carbons (Fsp3) is 0.167. The quantitative estimate of drug-likeness (QED) is 0.413. The van der Waals surface area contributed by atoms with Crippen molar-refractivity contribution < 1.29 is 9.90 Å². The molecular weight excluding hydrogens is 458 g/mol. The average Bonchev–Trinajstić information content (AvgIpc) is 2.31. The van der Waals surface area contributed by atoms with Crippen LogP contribution in [0.2, 0.25) is 0 Å². The molecule has 94 valence electrons. The van der Waals surface area contributed by atoms with E-state index < -0.39 is 0 Å². The van der Waals surface area contributed by atoms with Gasteiger partial charge in [-0.2, -0.15) is 5.26 Å². The van der Waals surface area contributed by atoms with E-state index in [1.165, 1.54) is 11.0 Å². The van der Waals surface area contributed by atoms with Gasteiger partial charge in [0, 0.05) is 14.1 Å². The van der Waals surface area contributed by atoms with E-state index in [1.807, 2.05) is 51.3 Å². The molecule has 0 unspecified atom stereocenters. The van der Waals surface area contributed by atoms with Gasteiger partial charge in [-0.05, 0) is 69.0 Å². The molecule has 1 aromatic rings. The van der Waals surface area contributed by atoms with E-state index in [0.717, 1.165) is 0 Å². The van der Waals surface area contributed by atoms with Gasteiger partial charge in [0.2, 0.25) is 0 Å². The van der Waals surface area contributed by atoms with Gasteiger partial charge in [-0.15, -0.1) is 0 Å². The van der Waals surface area contributed by atoms with Crippen LogP contribution in [0, 0.1) is 18.5 Å². The number of hydrogen-bond donors (Lipinski definition) is 1. The Labute approximate surface area is 133 Å². The summed E-state index contributed by atoms with van der Waals surface area (Å²) in [6, 6.07) is 5.33. The van der Waals surface area contributed by atoms with Gasteiger partial charge in [-0.3, -0.25) is 4.79 Å². The second-order valence-corrected chi connectivity index (χ2v) is 6.03. The molecule has 0 spiro atoms. The standard InChI is InChI=1S/C12H10I2N2O2/c1-16(2)12(18)8(6-15)3-7-4-9(13)11(17)10(14)5-7/h3-5,17H,1-2H3/b8-3-. The largest absolute Gasteiger partial charge is 0.506 e. The lowest BCUT2D eigenvalue weighted by Crippen LogP contribution is -2.22. The number of phenolic OH excluding ortho intramolecular Hbond substituents is 1. The number of amides is 1. The van der Waals surface area contributed by atoms with Crippen molar-refractivity contribution in [2.75, 3.05) is 14.1 Å². The monoisotopic (exact) mass is 468 g/mol. The third-order valence-corrected chi connectivity index (χ3v) is 3.75. The molecule has 0 atom stereocenters. The number of likely N-dealkylation sites (N-methyl/N-ethyl adjacent to an activating group) is 1. The Kier molecular flexibility index (Phi) is 5.40. The molecular formula is C12H10I2N2O2. The molecule has 1 amide bonds. The molecule has 0 saturated carbocycles. The van der Waals surface area contributed by atoms with Gasteiger partial charge in [0.25, 0.3) is 5.91 Å². The summed E-state index contributed by atoms with van der Waals surface area (Å²) in [6.07, 6.45) is 1.52. The predicted octanol–water partition coefficient (Wildman–Crippen LogP) is 2.60. The van der Waals surface area contributed by atoms with Gasteiger partial charge >= 0.3 is 0 Å². The highest BCUT2D eigenvalue weighted by Gasteiger charge is 2.12. The minimum atomic E-state index is -0.337. The van der Waals surface area contributed by atoms with Gasteiger partial charge in [0.1, 0.15) is 17.4 Å². The van der Waals surface area contributed by atoms with Crippen LogP contribution in [0.1, 0.15) is 5.56 Å². The number of carbonyl (C=O) groups excluding carboxylic acids is 1. The van der Waals surface area contributed by atoms with E-state index in [0.29, 0.717) is 12.7 Å². The van der Waals surface area contributed by atoms with E-state index in [2.05, 4.69) is 0 Å². The molecule has 0 aliphatic heterocycles. The molecule has 1 N–H and O–H groups in total. The lowest BCUT2D eigenvalue weighted by atomic mass is 10.1. The predicted molar refractivity (Wildman–Crippen MR) is 85.8 cm³/mol. The third kappa shape index (κ3) is 3.58. The number of nitriles is 1. The molecule has 4 nitrogen and oxygen atoms in total. The first-order valence-electron chi connectivity index (χ1n) is 4.88. The molecule has 0 radical (unpaired) electrons. The smallest absolute Gasteiger partial charge is 0.264 e. The van der Waals surface area contributed by atoms with Crippen LogP contribution in [0.4, 0.5) is 0 Å². The number of phenols is 1. The number of halogens is 2. The summed E-state index contributed by atoms with van der Waals surface area (Å²) < 4.78 is 1.36. The van der Waals surface area contributed by atoms with Crippen LogP contribution >= 0.6 is 45.2 Å². The van der Waals surface area contributed by atoms with E-state index in [9.17, 15) is 9.90 Å². The summed E-state index contributed by atoms with van der Waals surface area (Å²) in [6.45, 7) is 0. The maximum atomic E-state index is 11.7. The number of nitrogens with zero attached hydrogens (tertiary/aromatic N) is 2. The van der Waals surface area contributed by atoms with Gasteiger partial charge < -0.3 is 10.0 Å². The summed E-state index contributed by atoms with van der Waals surface area (Å²) in [4.78, 5) is 13.0. The molecule has 1 aromatic carbocycles. The summed E-state index contributed by atoms with van der Waals surface area (Å²) in [5.41, 5.74) is 0.783. The van der Waals surface area contributed by atoms with Crippen molar-refractivity contribution in [3.8, 4) is 11.8 Å². The Morgan fingerprint density at radius 2 is 1.89 bits per heavy atom. The second-order valence-electron chi connectivity index (χ2n) is 3.70. The first-order chi connectivity index (χ1) is 8.36. The maximum Gasteiger partial charge on any atom is 0.264 e. The fourth-order valence-electron chi connectivity index (χ4n) is 1.22. The lowest BCUT2D eigenvalue weighted by molar-refractivity contribution is -0.124. The van der Waals surface area contributed by atoms with Crippen LogP contribution in [-0.4, -0.2) is 30.0 Å². The third-order valence-electron chi connectivity index (χ3n) is 2.11. The first kappa shape index (κ1) is 15.2.